The fourth-order valence-electron chi connectivity index (χ4n) is 1.06. The number of anilines is 2. The lowest BCUT2D eigenvalue weighted by Gasteiger charge is -2.14. The van der Waals surface area contributed by atoms with Crippen LogP contribution in [-0.2, 0) is 11.3 Å². The third-order valence-corrected chi connectivity index (χ3v) is 2.36. The standard InChI is InChI=1S/C8H12N2O2S/c1-6-3-7(9)5-8(4-6)10(2)13(11)12/h3-5H,9H2,1-2H3,(H,11,12). The van der Waals surface area contributed by atoms with E-state index in [1.165, 1.54) is 11.4 Å². The molecule has 0 fully saturated rings. The zero-order valence-corrected chi connectivity index (χ0v) is 8.34. The second-order valence-electron chi connectivity index (χ2n) is 2.83. The van der Waals surface area contributed by atoms with Crippen LogP contribution in [0, 0.1) is 6.92 Å². The number of hydrogen-bond acceptors (Lipinski definition) is 2. The van der Waals surface area contributed by atoms with Crippen molar-refractivity contribution in [2.75, 3.05) is 17.1 Å². The van der Waals surface area contributed by atoms with Gasteiger partial charge in [-0.05, 0) is 30.7 Å². The first kappa shape index (κ1) is 10.0. The van der Waals surface area contributed by atoms with Gasteiger partial charge in [0.05, 0.1) is 5.69 Å². The van der Waals surface area contributed by atoms with E-state index in [-0.39, 0.29) is 0 Å². The van der Waals surface area contributed by atoms with E-state index < -0.39 is 11.3 Å². The van der Waals surface area contributed by atoms with E-state index in [2.05, 4.69) is 0 Å². The number of nitrogens with zero attached hydrogens (tertiary/aromatic N) is 1. The highest BCUT2D eigenvalue weighted by atomic mass is 32.2. The summed E-state index contributed by atoms with van der Waals surface area (Å²) in [6.45, 7) is 1.88. The average Bonchev–Trinajstić information content (AvgIpc) is 2.01. The summed E-state index contributed by atoms with van der Waals surface area (Å²) in [7, 11) is 1.53. The Bertz CT molecular complexity index is 321. The molecule has 5 heteroatoms. The van der Waals surface area contributed by atoms with Gasteiger partial charge in [0, 0.05) is 12.7 Å². The van der Waals surface area contributed by atoms with Crippen LogP contribution in [0.5, 0.6) is 0 Å². The highest BCUT2D eigenvalue weighted by Crippen LogP contribution is 2.19. The second kappa shape index (κ2) is 3.76. The van der Waals surface area contributed by atoms with E-state index in [1.807, 2.05) is 6.92 Å². The summed E-state index contributed by atoms with van der Waals surface area (Å²) >= 11 is -2.00. The molecular formula is C8H12N2O2S. The molecule has 0 radical (unpaired) electrons. The molecule has 0 aliphatic heterocycles. The third kappa shape index (κ3) is 2.43. The Morgan fingerprint density at radius 2 is 2.08 bits per heavy atom. The molecule has 72 valence electrons. The zero-order chi connectivity index (χ0) is 10.0. The van der Waals surface area contributed by atoms with E-state index in [9.17, 15) is 4.21 Å². The van der Waals surface area contributed by atoms with Crippen LogP contribution in [0.2, 0.25) is 0 Å². The highest BCUT2D eigenvalue weighted by Gasteiger charge is 2.06. The lowest BCUT2D eigenvalue weighted by Crippen LogP contribution is -2.19. The number of nitrogen functional groups attached to an aromatic ring is 1. The first-order valence-electron chi connectivity index (χ1n) is 3.72. The van der Waals surface area contributed by atoms with Crippen molar-refractivity contribution in [1.29, 1.82) is 0 Å². The molecule has 0 aliphatic rings. The van der Waals surface area contributed by atoms with Gasteiger partial charge in [-0.3, -0.25) is 8.86 Å². The largest absolute Gasteiger partial charge is 0.399 e. The predicted octanol–water partition coefficient (Wildman–Crippen LogP) is 1.15. The lowest BCUT2D eigenvalue weighted by atomic mass is 10.2. The van der Waals surface area contributed by atoms with Crippen LogP contribution in [0.3, 0.4) is 0 Å². The Balaban J connectivity index is 3.07. The van der Waals surface area contributed by atoms with Gasteiger partial charge in [0.1, 0.15) is 0 Å². The van der Waals surface area contributed by atoms with Crippen LogP contribution in [0.1, 0.15) is 5.56 Å². The van der Waals surface area contributed by atoms with Crippen molar-refractivity contribution in [3.63, 3.8) is 0 Å². The molecule has 1 unspecified atom stereocenters. The smallest absolute Gasteiger partial charge is 0.261 e. The minimum Gasteiger partial charge on any atom is -0.399 e. The topological polar surface area (TPSA) is 66.6 Å². The molecular weight excluding hydrogens is 188 g/mol. The predicted molar refractivity (Wildman–Crippen MR) is 54.8 cm³/mol. The number of rotatable bonds is 2. The van der Waals surface area contributed by atoms with Crippen LogP contribution in [0.25, 0.3) is 0 Å². The average molecular weight is 200 g/mol. The van der Waals surface area contributed by atoms with E-state index >= 15 is 0 Å². The third-order valence-electron chi connectivity index (χ3n) is 1.68. The monoisotopic (exact) mass is 200 g/mol. The highest BCUT2D eigenvalue weighted by molar-refractivity contribution is 7.80. The lowest BCUT2D eigenvalue weighted by molar-refractivity contribution is 0.562. The Morgan fingerprint density at radius 3 is 2.54 bits per heavy atom. The molecule has 0 saturated heterocycles. The molecule has 4 nitrogen and oxygen atoms in total. The molecule has 0 heterocycles. The van der Waals surface area contributed by atoms with Gasteiger partial charge in [-0.25, -0.2) is 4.21 Å². The first-order valence-corrected chi connectivity index (χ1v) is 4.79. The molecule has 0 bridgehead atoms. The maximum Gasteiger partial charge on any atom is 0.261 e. The molecule has 1 aromatic rings. The van der Waals surface area contributed by atoms with Crippen LogP contribution in [0.15, 0.2) is 18.2 Å². The fraction of sp³-hybridized carbons (Fsp3) is 0.250. The van der Waals surface area contributed by atoms with Gasteiger partial charge in [0.25, 0.3) is 11.3 Å². The van der Waals surface area contributed by atoms with Gasteiger partial charge in [-0.15, -0.1) is 0 Å². The second-order valence-corrected chi connectivity index (χ2v) is 3.84. The Hall–Kier alpha value is -1.07. The maximum absolute atomic E-state index is 10.7. The van der Waals surface area contributed by atoms with Gasteiger partial charge >= 0.3 is 0 Å². The summed E-state index contributed by atoms with van der Waals surface area (Å²) in [5, 5.41) is 0. The molecule has 1 rings (SSSR count). The first-order chi connectivity index (χ1) is 6.00. The summed E-state index contributed by atoms with van der Waals surface area (Å²) < 4.78 is 20.8. The zero-order valence-electron chi connectivity index (χ0n) is 7.52. The van der Waals surface area contributed by atoms with E-state index in [0.29, 0.717) is 11.4 Å². The molecule has 0 saturated carbocycles. The summed E-state index contributed by atoms with van der Waals surface area (Å²) in [4.78, 5) is 0. The summed E-state index contributed by atoms with van der Waals surface area (Å²) in [5.74, 6) is 0. The number of nitrogens with two attached hydrogens (primary N) is 1. The van der Waals surface area contributed by atoms with Crippen molar-refractivity contribution in [2.45, 2.75) is 6.92 Å². The van der Waals surface area contributed by atoms with Crippen molar-refractivity contribution in [3.8, 4) is 0 Å². The number of hydrogen-bond donors (Lipinski definition) is 2. The van der Waals surface area contributed by atoms with Crippen LogP contribution >= 0.6 is 0 Å². The minimum absolute atomic E-state index is 0.590. The minimum atomic E-state index is -2.00. The van der Waals surface area contributed by atoms with Gasteiger partial charge in [-0.2, -0.15) is 0 Å². The molecule has 13 heavy (non-hydrogen) atoms. The Morgan fingerprint density at radius 1 is 1.46 bits per heavy atom. The van der Waals surface area contributed by atoms with Crippen LogP contribution in [-0.4, -0.2) is 15.8 Å². The molecule has 0 aromatic heterocycles. The van der Waals surface area contributed by atoms with Crippen molar-refractivity contribution in [1.82, 2.24) is 0 Å². The van der Waals surface area contributed by atoms with Crippen molar-refractivity contribution in [2.24, 2.45) is 0 Å². The van der Waals surface area contributed by atoms with Crippen LogP contribution in [0.4, 0.5) is 11.4 Å². The van der Waals surface area contributed by atoms with Gasteiger partial charge in [-0.1, -0.05) is 0 Å². The molecule has 0 aliphatic carbocycles. The fourth-order valence-corrected chi connectivity index (χ4v) is 1.35. The Labute approximate surface area is 79.8 Å². The van der Waals surface area contributed by atoms with E-state index in [4.69, 9.17) is 10.3 Å². The Kier molecular flexibility index (Phi) is 2.90. The SMILES string of the molecule is Cc1cc(N)cc(N(C)S(=O)O)c1. The van der Waals surface area contributed by atoms with Gasteiger partial charge in [0.2, 0.25) is 0 Å². The molecule has 0 spiro atoms. The van der Waals surface area contributed by atoms with Crippen LogP contribution < -0.4 is 10.0 Å². The van der Waals surface area contributed by atoms with Crippen molar-refractivity contribution < 1.29 is 8.76 Å². The van der Waals surface area contributed by atoms with Gasteiger partial charge in [0.15, 0.2) is 0 Å². The number of aryl methyl sites for hydroxylation is 1. The summed E-state index contributed by atoms with van der Waals surface area (Å²) in [5.41, 5.74) is 7.78. The van der Waals surface area contributed by atoms with E-state index in [1.54, 1.807) is 18.2 Å². The molecule has 0 amide bonds. The quantitative estimate of drug-likeness (QED) is 0.556. The molecule has 1 aromatic carbocycles. The summed E-state index contributed by atoms with van der Waals surface area (Å²) in [6, 6.07) is 5.25. The normalized spacial score (nSPS) is 12.5. The maximum atomic E-state index is 10.7. The summed E-state index contributed by atoms with van der Waals surface area (Å²) in [6.07, 6.45) is 0. The van der Waals surface area contributed by atoms with E-state index in [0.717, 1.165) is 5.56 Å². The van der Waals surface area contributed by atoms with Crippen molar-refractivity contribution in [3.05, 3.63) is 23.8 Å². The number of benzene rings is 1. The molecule has 1 atom stereocenters. The van der Waals surface area contributed by atoms with Gasteiger partial charge < -0.3 is 5.73 Å². The molecule has 3 N–H and O–H groups in total. The van der Waals surface area contributed by atoms with Crippen molar-refractivity contribution >= 4 is 22.6 Å².